The van der Waals surface area contributed by atoms with Crippen LogP contribution in [0.3, 0.4) is 0 Å². The third-order valence-electron chi connectivity index (χ3n) is 11.1. The molecule has 0 aliphatic heterocycles. The molecule has 0 bridgehead atoms. The van der Waals surface area contributed by atoms with Crippen molar-refractivity contribution in [3.63, 3.8) is 0 Å². The van der Waals surface area contributed by atoms with Gasteiger partial charge >= 0.3 is 0 Å². The van der Waals surface area contributed by atoms with Gasteiger partial charge in [0.2, 0.25) is 0 Å². The molecule has 0 unspecified atom stereocenters. The quantitative estimate of drug-likeness (QED) is 0.186. The topological polar surface area (TPSA) is 18.1 Å². The fourth-order valence-electron chi connectivity index (χ4n) is 9.01. The first kappa shape index (κ1) is 28.2. The summed E-state index contributed by atoms with van der Waals surface area (Å²) < 4.78 is 9.18. The molecule has 0 radical (unpaired) electrons. The van der Waals surface area contributed by atoms with Crippen molar-refractivity contribution in [1.82, 2.24) is 4.57 Å². The van der Waals surface area contributed by atoms with Gasteiger partial charge in [-0.1, -0.05) is 152 Å². The van der Waals surface area contributed by atoms with Gasteiger partial charge in [0.1, 0.15) is 5.58 Å². The highest BCUT2D eigenvalue weighted by atomic mass is 16.3. The molecule has 0 amide bonds. The predicted molar refractivity (Wildman–Crippen MR) is 211 cm³/mol. The zero-order valence-electron chi connectivity index (χ0n) is 27.8. The lowest BCUT2D eigenvalue weighted by Gasteiger charge is -2.34. The lowest BCUT2D eigenvalue weighted by molar-refractivity contribution is 0.671. The molecule has 11 rings (SSSR count). The number of rotatable bonds is 4. The predicted octanol–water partition coefficient (Wildman–Crippen LogP) is 12.7. The molecule has 1 aliphatic carbocycles. The number of aromatic nitrogens is 1. The van der Waals surface area contributed by atoms with E-state index in [1.807, 2.05) is 0 Å². The number of fused-ring (bicyclic) bond motifs is 10. The van der Waals surface area contributed by atoms with Crippen LogP contribution in [0.25, 0.3) is 71.7 Å². The summed E-state index contributed by atoms with van der Waals surface area (Å²) in [6.45, 7) is 0. The van der Waals surface area contributed by atoms with E-state index < -0.39 is 5.41 Å². The summed E-state index contributed by atoms with van der Waals surface area (Å²) in [5.74, 6) is 0. The number of furan rings is 1. The van der Waals surface area contributed by atoms with E-state index in [0.29, 0.717) is 0 Å². The van der Waals surface area contributed by atoms with Gasteiger partial charge in [0, 0.05) is 27.2 Å². The molecular weight excluding hydrogens is 619 g/mol. The number of nitrogens with zero attached hydrogens (tertiary/aromatic N) is 1. The van der Waals surface area contributed by atoms with E-state index in [9.17, 15) is 0 Å². The number of hydrogen-bond donors (Lipinski definition) is 0. The minimum Gasteiger partial charge on any atom is -0.454 e. The Hall–Kier alpha value is -6.64. The zero-order chi connectivity index (χ0) is 33.5. The van der Waals surface area contributed by atoms with E-state index >= 15 is 0 Å². The molecule has 0 fully saturated rings. The lowest BCUT2D eigenvalue weighted by atomic mass is 9.67. The van der Waals surface area contributed by atoms with E-state index in [-0.39, 0.29) is 0 Å². The smallest absolute Gasteiger partial charge is 0.160 e. The van der Waals surface area contributed by atoms with Crippen LogP contribution in [0.5, 0.6) is 0 Å². The second-order valence-corrected chi connectivity index (χ2v) is 13.6. The summed E-state index contributed by atoms with van der Waals surface area (Å²) in [4.78, 5) is 0. The second-order valence-electron chi connectivity index (χ2n) is 13.6. The lowest BCUT2D eigenvalue weighted by Crippen LogP contribution is -2.28. The van der Waals surface area contributed by atoms with Crippen LogP contribution in [0.2, 0.25) is 0 Å². The summed E-state index contributed by atoms with van der Waals surface area (Å²) in [5.41, 5.74) is 14.8. The molecule has 2 heteroatoms. The normalized spacial score (nSPS) is 13.3. The number of benzene rings is 8. The number of para-hydroxylation sites is 3. The third-order valence-corrected chi connectivity index (χ3v) is 11.1. The molecule has 1 aliphatic rings. The van der Waals surface area contributed by atoms with Crippen molar-refractivity contribution in [2.24, 2.45) is 0 Å². The van der Waals surface area contributed by atoms with Crippen molar-refractivity contribution >= 4 is 43.7 Å². The first-order valence-electron chi connectivity index (χ1n) is 17.6. The van der Waals surface area contributed by atoms with Gasteiger partial charge in [-0.2, -0.15) is 0 Å². The Balaban J connectivity index is 1.30. The van der Waals surface area contributed by atoms with E-state index in [1.54, 1.807) is 0 Å². The molecule has 0 spiro atoms. The van der Waals surface area contributed by atoms with Crippen LogP contribution in [0, 0.1) is 0 Å². The molecular formula is C49H31NO. The second kappa shape index (κ2) is 10.7. The fourth-order valence-corrected chi connectivity index (χ4v) is 9.01. The first-order chi connectivity index (χ1) is 25.3. The first-order valence-corrected chi connectivity index (χ1v) is 17.6. The van der Waals surface area contributed by atoms with Crippen molar-refractivity contribution in [3.8, 4) is 27.9 Å². The Labute approximate surface area is 295 Å². The van der Waals surface area contributed by atoms with E-state index in [1.165, 1.54) is 55.3 Å². The minimum absolute atomic E-state index is 0.478. The van der Waals surface area contributed by atoms with Crippen LogP contribution in [0.15, 0.2) is 192 Å². The van der Waals surface area contributed by atoms with Gasteiger partial charge in [-0.25, -0.2) is 0 Å². The van der Waals surface area contributed by atoms with Crippen LogP contribution in [-0.4, -0.2) is 4.57 Å². The Morgan fingerprint density at radius 1 is 0.431 bits per heavy atom. The van der Waals surface area contributed by atoms with Crippen molar-refractivity contribution in [1.29, 1.82) is 0 Å². The van der Waals surface area contributed by atoms with Gasteiger partial charge in [-0.05, 0) is 80.9 Å². The van der Waals surface area contributed by atoms with Gasteiger partial charge in [-0.15, -0.1) is 0 Å². The molecule has 0 saturated heterocycles. The maximum atomic E-state index is 6.79. The molecule has 8 aromatic carbocycles. The molecule has 238 valence electrons. The number of hydrogen-bond acceptors (Lipinski definition) is 1. The molecule has 10 aromatic rings. The van der Waals surface area contributed by atoms with Gasteiger partial charge in [0.05, 0.1) is 16.4 Å². The average Bonchev–Trinajstić information content (AvgIpc) is 3.85. The average molecular weight is 650 g/mol. The van der Waals surface area contributed by atoms with E-state index in [0.717, 1.165) is 38.7 Å². The maximum Gasteiger partial charge on any atom is 0.160 e. The van der Waals surface area contributed by atoms with Crippen molar-refractivity contribution in [2.75, 3.05) is 0 Å². The summed E-state index contributed by atoms with van der Waals surface area (Å²) in [6, 6.07) is 68.5. The Bertz CT molecular complexity index is 2910. The fraction of sp³-hybridized carbons (Fsp3) is 0.0204. The SMILES string of the molecule is c1ccc(-n2c3ccccc3c3c(-c4ccc5c(c4)C(c4ccccc4)(c4ccccc4)c4ccccc4-5)cc4c5ccccc5oc4c32)cc1. The highest BCUT2D eigenvalue weighted by molar-refractivity contribution is 6.26. The Kier molecular flexibility index (Phi) is 5.91. The van der Waals surface area contributed by atoms with Crippen molar-refractivity contribution in [3.05, 3.63) is 210 Å². The standard InChI is InChI=1S/C49H31NO/c1-4-16-33(17-5-1)49(34-18-6-2-7-19-34)42-25-13-10-22-36(42)37-29-28-32(30-43(37)49)40-31-41-38-23-12-15-27-45(38)51-48(41)47-46(40)39-24-11-14-26-44(39)50(47)35-20-8-3-9-21-35/h1-31H. The van der Waals surface area contributed by atoms with Crippen LogP contribution in [0.1, 0.15) is 22.3 Å². The maximum absolute atomic E-state index is 6.79. The van der Waals surface area contributed by atoms with Gasteiger partial charge in [0.15, 0.2) is 5.58 Å². The largest absolute Gasteiger partial charge is 0.454 e. The summed E-state index contributed by atoms with van der Waals surface area (Å²) in [6.07, 6.45) is 0. The zero-order valence-corrected chi connectivity index (χ0v) is 27.8. The Morgan fingerprint density at radius 2 is 1.04 bits per heavy atom. The van der Waals surface area contributed by atoms with Crippen LogP contribution < -0.4 is 0 Å². The van der Waals surface area contributed by atoms with Gasteiger partial charge < -0.3 is 8.98 Å². The summed E-state index contributed by atoms with van der Waals surface area (Å²) in [7, 11) is 0. The van der Waals surface area contributed by atoms with Crippen molar-refractivity contribution < 1.29 is 4.42 Å². The molecule has 0 N–H and O–H groups in total. The molecule has 0 saturated carbocycles. The van der Waals surface area contributed by atoms with Crippen LogP contribution in [0.4, 0.5) is 0 Å². The van der Waals surface area contributed by atoms with Gasteiger partial charge in [0.25, 0.3) is 0 Å². The Morgan fingerprint density at radius 3 is 1.80 bits per heavy atom. The van der Waals surface area contributed by atoms with Crippen molar-refractivity contribution in [2.45, 2.75) is 5.41 Å². The monoisotopic (exact) mass is 649 g/mol. The third kappa shape index (κ3) is 3.82. The van der Waals surface area contributed by atoms with Gasteiger partial charge in [-0.3, -0.25) is 0 Å². The molecule has 0 atom stereocenters. The highest BCUT2D eigenvalue weighted by Gasteiger charge is 2.46. The molecule has 2 heterocycles. The molecule has 2 aromatic heterocycles. The highest BCUT2D eigenvalue weighted by Crippen LogP contribution is 2.57. The van der Waals surface area contributed by atoms with E-state index in [2.05, 4.69) is 193 Å². The summed E-state index contributed by atoms with van der Waals surface area (Å²) in [5, 5.41) is 4.64. The van der Waals surface area contributed by atoms with E-state index in [4.69, 9.17) is 4.42 Å². The minimum atomic E-state index is -0.478. The molecule has 2 nitrogen and oxygen atoms in total. The molecule has 51 heavy (non-hydrogen) atoms. The van der Waals surface area contributed by atoms with Crippen LogP contribution in [-0.2, 0) is 5.41 Å². The van der Waals surface area contributed by atoms with Crippen LogP contribution >= 0.6 is 0 Å². The summed E-state index contributed by atoms with van der Waals surface area (Å²) >= 11 is 0.